The predicted molar refractivity (Wildman–Crippen MR) is 81.5 cm³/mol. The molecule has 1 heterocycles. The van der Waals surface area contributed by atoms with E-state index >= 15 is 0 Å². The third kappa shape index (κ3) is 2.58. The molecule has 0 aromatic heterocycles. The summed E-state index contributed by atoms with van der Waals surface area (Å²) >= 11 is 0. The van der Waals surface area contributed by atoms with Crippen LogP contribution in [0.1, 0.15) is 52.9 Å². The molecule has 1 N–H and O–H groups in total. The van der Waals surface area contributed by atoms with Gasteiger partial charge in [-0.25, -0.2) is 0 Å². The first kappa shape index (κ1) is 14.9. The van der Waals surface area contributed by atoms with E-state index in [-0.39, 0.29) is 36.4 Å². The lowest BCUT2D eigenvalue weighted by Crippen LogP contribution is -2.63. The van der Waals surface area contributed by atoms with Crippen LogP contribution in [0.4, 0.5) is 0 Å². The number of fused-ring (bicyclic) bond motifs is 2. The molecule has 2 bridgehead atoms. The van der Waals surface area contributed by atoms with Crippen LogP contribution >= 0.6 is 0 Å². The molecule has 6 atom stereocenters. The zero-order chi connectivity index (χ0) is 15.1. The van der Waals surface area contributed by atoms with Crippen molar-refractivity contribution in [1.82, 2.24) is 10.2 Å². The highest BCUT2D eigenvalue weighted by Gasteiger charge is 2.46. The molecule has 0 radical (unpaired) electrons. The van der Waals surface area contributed by atoms with Gasteiger partial charge in [-0.3, -0.25) is 9.59 Å². The fourth-order valence-electron chi connectivity index (χ4n) is 4.77. The third-order valence-electron chi connectivity index (χ3n) is 6.30. The Morgan fingerprint density at radius 3 is 2.57 bits per heavy atom. The van der Waals surface area contributed by atoms with Gasteiger partial charge in [-0.05, 0) is 49.9 Å². The lowest BCUT2D eigenvalue weighted by molar-refractivity contribution is -0.149. The Morgan fingerprint density at radius 2 is 2.00 bits per heavy atom. The lowest BCUT2D eigenvalue weighted by Gasteiger charge is -2.42. The number of piperazine rings is 1. The maximum absolute atomic E-state index is 12.8. The Kier molecular flexibility index (Phi) is 3.98. The van der Waals surface area contributed by atoms with Gasteiger partial charge in [0.1, 0.15) is 6.04 Å². The van der Waals surface area contributed by atoms with Crippen LogP contribution in [0.3, 0.4) is 0 Å². The van der Waals surface area contributed by atoms with Crippen molar-refractivity contribution in [3.63, 3.8) is 0 Å². The quantitative estimate of drug-likeness (QED) is 0.863. The molecule has 4 nitrogen and oxygen atoms in total. The molecule has 1 aliphatic heterocycles. The molecule has 2 amide bonds. The molecule has 2 saturated carbocycles. The monoisotopic (exact) mass is 292 g/mol. The molecule has 3 rings (SSSR count). The molecule has 4 heteroatoms. The zero-order valence-corrected chi connectivity index (χ0v) is 13.5. The van der Waals surface area contributed by atoms with Gasteiger partial charge in [-0.15, -0.1) is 0 Å². The molecular formula is C17H28N2O2. The van der Waals surface area contributed by atoms with Crippen molar-refractivity contribution in [2.45, 2.75) is 65.0 Å². The highest BCUT2D eigenvalue weighted by atomic mass is 16.2. The van der Waals surface area contributed by atoms with Gasteiger partial charge in [0, 0.05) is 6.04 Å². The lowest BCUT2D eigenvalue weighted by atomic mass is 9.82. The van der Waals surface area contributed by atoms with E-state index in [0.29, 0.717) is 5.92 Å². The largest absolute Gasteiger partial charge is 0.342 e. The van der Waals surface area contributed by atoms with Crippen LogP contribution in [0.2, 0.25) is 0 Å². The first-order valence-corrected chi connectivity index (χ1v) is 8.61. The van der Waals surface area contributed by atoms with Crippen molar-refractivity contribution < 1.29 is 9.59 Å². The summed E-state index contributed by atoms with van der Waals surface area (Å²) in [4.78, 5) is 26.7. The molecule has 0 spiro atoms. The summed E-state index contributed by atoms with van der Waals surface area (Å²) in [6.07, 6.45) is 6.21. The summed E-state index contributed by atoms with van der Waals surface area (Å²) in [6.45, 7) is 6.54. The number of carbonyl (C=O) groups is 2. The van der Waals surface area contributed by atoms with Crippen LogP contribution in [0, 0.1) is 23.7 Å². The van der Waals surface area contributed by atoms with Crippen LogP contribution in [0.25, 0.3) is 0 Å². The topological polar surface area (TPSA) is 49.4 Å². The molecule has 2 aliphatic carbocycles. The summed E-state index contributed by atoms with van der Waals surface area (Å²) in [5.41, 5.74) is 0. The third-order valence-corrected chi connectivity index (χ3v) is 6.30. The summed E-state index contributed by atoms with van der Waals surface area (Å²) < 4.78 is 0. The van der Waals surface area contributed by atoms with E-state index in [1.54, 1.807) is 0 Å². The van der Waals surface area contributed by atoms with Crippen molar-refractivity contribution in [1.29, 1.82) is 0 Å². The van der Waals surface area contributed by atoms with E-state index in [9.17, 15) is 9.59 Å². The second-order valence-corrected chi connectivity index (χ2v) is 7.48. The van der Waals surface area contributed by atoms with Crippen LogP contribution < -0.4 is 5.32 Å². The molecule has 21 heavy (non-hydrogen) atoms. The minimum absolute atomic E-state index is 0.00917. The van der Waals surface area contributed by atoms with E-state index in [2.05, 4.69) is 26.1 Å². The van der Waals surface area contributed by atoms with Gasteiger partial charge in [0.15, 0.2) is 0 Å². The zero-order valence-electron chi connectivity index (χ0n) is 13.5. The Hall–Kier alpha value is -1.06. The second-order valence-electron chi connectivity index (χ2n) is 7.48. The van der Waals surface area contributed by atoms with Crippen molar-refractivity contribution in [3.05, 3.63) is 0 Å². The Bertz CT molecular complexity index is 437. The van der Waals surface area contributed by atoms with Crippen LogP contribution in [0.5, 0.6) is 0 Å². The minimum Gasteiger partial charge on any atom is -0.342 e. The molecule has 3 fully saturated rings. The maximum atomic E-state index is 12.8. The van der Waals surface area contributed by atoms with Crippen molar-refractivity contribution in [3.8, 4) is 0 Å². The number of carbonyl (C=O) groups excluding carboxylic acids is 2. The SMILES string of the molecule is CCC(C)C1NC(=O)CN(C(C)C2CC3CCC2C3)C1=O. The normalized spacial score (nSPS) is 38.5. The van der Waals surface area contributed by atoms with Gasteiger partial charge >= 0.3 is 0 Å². The van der Waals surface area contributed by atoms with Gasteiger partial charge in [0.25, 0.3) is 0 Å². The van der Waals surface area contributed by atoms with Gasteiger partial charge in [-0.1, -0.05) is 26.7 Å². The van der Waals surface area contributed by atoms with Gasteiger partial charge < -0.3 is 10.2 Å². The smallest absolute Gasteiger partial charge is 0.246 e. The van der Waals surface area contributed by atoms with Crippen molar-refractivity contribution in [2.75, 3.05) is 6.54 Å². The number of hydrogen-bond acceptors (Lipinski definition) is 2. The number of rotatable bonds is 4. The number of amides is 2. The van der Waals surface area contributed by atoms with E-state index in [1.165, 1.54) is 25.7 Å². The molecule has 1 saturated heterocycles. The van der Waals surface area contributed by atoms with Gasteiger partial charge in [-0.2, -0.15) is 0 Å². The summed E-state index contributed by atoms with van der Waals surface area (Å²) in [6, 6.07) is -0.109. The number of nitrogens with one attached hydrogen (secondary N) is 1. The number of nitrogens with zero attached hydrogens (tertiary/aromatic N) is 1. The van der Waals surface area contributed by atoms with E-state index < -0.39 is 0 Å². The van der Waals surface area contributed by atoms with Crippen LogP contribution in [-0.2, 0) is 9.59 Å². The van der Waals surface area contributed by atoms with E-state index in [4.69, 9.17) is 0 Å². The molecule has 3 aliphatic rings. The Labute approximate surface area is 127 Å². The molecule has 0 aromatic rings. The van der Waals surface area contributed by atoms with Crippen LogP contribution in [-0.4, -0.2) is 35.3 Å². The van der Waals surface area contributed by atoms with Gasteiger partial charge in [0.2, 0.25) is 11.8 Å². The molecule has 6 unspecified atom stereocenters. The summed E-state index contributed by atoms with van der Waals surface area (Å²) in [5.74, 6) is 2.62. The second kappa shape index (κ2) is 5.62. The highest BCUT2D eigenvalue weighted by Crippen LogP contribution is 2.50. The fourth-order valence-corrected chi connectivity index (χ4v) is 4.77. The maximum Gasteiger partial charge on any atom is 0.246 e. The van der Waals surface area contributed by atoms with E-state index in [1.807, 2.05) is 4.90 Å². The first-order chi connectivity index (χ1) is 10.0. The van der Waals surface area contributed by atoms with Crippen molar-refractivity contribution >= 4 is 11.8 Å². The summed E-state index contributed by atoms with van der Waals surface area (Å²) in [5, 5.41) is 2.90. The Balaban J connectivity index is 1.73. The summed E-state index contributed by atoms with van der Waals surface area (Å²) in [7, 11) is 0. The van der Waals surface area contributed by atoms with Crippen molar-refractivity contribution in [2.24, 2.45) is 23.7 Å². The first-order valence-electron chi connectivity index (χ1n) is 8.61. The van der Waals surface area contributed by atoms with Gasteiger partial charge in [0.05, 0.1) is 6.54 Å². The molecule has 0 aromatic carbocycles. The Morgan fingerprint density at radius 1 is 1.24 bits per heavy atom. The number of hydrogen-bond donors (Lipinski definition) is 1. The van der Waals surface area contributed by atoms with Crippen LogP contribution in [0.15, 0.2) is 0 Å². The molecule has 118 valence electrons. The van der Waals surface area contributed by atoms with E-state index in [0.717, 1.165) is 18.3 Å². The highest BCUT2D eigenvalue weighted by molar-refractivity contribution is 5.95. The predicted octanol–water partition coefficient (Wildman–Crippen LogP) is 2.18. The minimum atomic E-state index is -0.322. The fraction of sp³-hybridized carbons (Fsp3) is 0.882. The average molecular weight is 292 g/mol. The standard InChI is InChI=1S/C17H28N2O2/c1-4-10(2)16-17(21)19(9-15(20)18-16)11(3)14-8-12-5-6-13(14)7-12/h10-14,16H,4-9H2,1-3H3,(H,18,20). The molecular weight excluding hydrogens is 264 g/mol. The average Bonchev–Trinajstić information content (AvgIpc) is 3.10.